The molecule has 0 unspecified atom stereocenters. The molecular formula is C16H18ClN3O. The van der Waals surface area contributed by atoms with E-state index in [0.29, 0.717) is 22.1 Å². The molecule has 0 atom stereocenters. The van der Waals surface area contributed by atoms with Crippen molar-refractivity contribution in [1.29, 1.82) is 0 Å². The monoisotopic (exact) mass is 303 g/mol. The smallest absolute Gasteiger partial charge is 0.323 e. The SMILES string of the molecule is Cc1ccc(NC(=O)Nc2c(N)ccc(C)c2C)cc1Cl. The number of halogens is 1. The van der Waals surface area contributed by atoms with Crippen molar-refractivity contribution in [3.05, 3.63) is 52.0 Å². The molecule has 2 aromatic rings. The Bertz CT molecular complexity index is 698. The van der Waals surface area contributed by atoms with Crippen molar-refractivity contribution in [1.82, 2.24) is 0 Å². The second-order valence-corrected chi connectivity index (χ2v) is 5.42. The number of carbonyl (C=O) groups excluding carboxylic acids is 1. The van der Waals surface area contributed by atoms with Gasteiger partial charge in [-0.25, -0.2) is 4.79 Å². The lowest BCUT2D eigenvalue weighted by Crippen LogP contribution is -2.21. The highest BCUT2D eigenvalue weighted by Gasteiger charge is 2.10. The molecule has 4 N–H and O–H groups in total. The summed E-state index contributed by atoms with van der Waals surface area (Å²) in [5, 5.41) is 6.14. The van der Waals surface area contributed by atoms with Crippen LogP contribution in [0.1, 0.15) is 16.7 Å². The van der Waals surface area contributed by atoms with Crippen LogP contribution >= 0.6 is 11.6 Å². The van der Waals surface area contributed by atoms with Crippen LogP contribution in [0.2, 0.25) is 5.02 Å². The fraction of sp³-hybridized carbons (Fsp3) is 0.188. The maximum atomic E-state index is 12.1. The van der Waals surface area contributed by atoms with Gasteiger partial charge in [-0.15, -0.1) is 0 Å². The van der Waals surface area contributed by atoms with Gasteiger partial charge in [-0.3, -0.25) is 0 Å². The summed E-state index contributed by atoms with van der Waals surface area (Å²) >= 11 is 6.04. The Kier molecular flexibility index (Phi) is 4.38. The third kappa shape index (κ3) is 3.47. The number of hydrogen-bond donors (Lipinski definition) is 3. The number of urea groups is 1. The maximum absolute atomic E-state index is 12.1. The molecule has 0 aliphatic rings. The molecule has 5 heteroatoms. The van der Waals surface area contributed by atoms with Crippen LogP contribution in [0.4, 0.5) is 21.9 Å². The lowest BCUT2D eigenvalue weighted by atomic mass is 10.1. The summed E-state index contributed by atoms with van der Waals surface area (Å²) < 4.78 is 0. The summed E-state index contributed by atoms with van der Waals surface area (Å²) in [5.74, 6) is 0. The Morgan fingerprint density at radius 3 is 2.38 bits per heavy atom. The van der Waals surface area contributed by atoms with Crippen molar-refractivity contribution in [3.63, 3.8) is 0 Å². The molecule has 0 fully saturated rings. The average Bonchev–Trinajstić information content (AvgIpc) is 2.43. The van der Waals surface area contributed by atoms with Gasteiger partial charge in [0.05, 0.1) is 11.4 Å². The van der Waals surface area contributed by atoms with Gasteiger partial charge in [-0.2, -0.15) is 0 Å². The second kappa shape index (κ2) is 6.06. The van der Waals surface area contributed by atoms with Gasteiger partial charge in [0, 0.05) is 10.7 Å². The summed E-state index contributed by atoms with van der Waals surface area (Å²) in [5.41, 5.74) is 10.7. The van der Waals surface area contributed by atoms with E-state index in [1.807, 2.05) is 32.9 Å². The minimum atomic E-state index is -0.352. The van der Waals surface area contributed by atoms with Gasteiger partial charge in [0.2, 0.25) is 0 Å². The highest BCUT2D eigenvalue weighted by Crippen LogP contribution is 2.26. The highest BCUT2D eigenvalue weighted by atomic mass is 35.5. The number of anilines is 3. The molecule has 2 amide bonds. The minimum Gasteiger partial charge on any atom is -0.397 e. The van der Waals surface area contributed by atoms with Gasteiger partial charge in [-0.05, 0) is 55.7 Å². The van der Waals surface area contributed by atoms with Crippen LogP contribution in [0, 0.1) is 20.8 Å². The number of aryl methyl sites for hydroxylation is 2. The van der Waals surface area contributed by atoms with Crippen molar-refractivity contribution in [2.24, 2.45) is 0 Å². The van der Waals surface area contributed by atoms with Crippen molar-refractivity contribution in [2.45, 2.75) is 20.8 Å². The molecule has 21 heavy (non-hydrogen) atoms. The minimum absolute atomic E-state index is 0.352. The molecule has 110 valence electrons. The van der Waals surface area contributed by atoms with Crippen LogP contribution in [0.15, 0.2) is 30.3 Å². The summed E-state index contributed by atoms with van der Waals surface area (Å²) in [7, 11) is 0. The van der Waals surface area contributed by atoms with Crippen LogP contribution in [0.3, 0.4) is 0 Å². The zero-order valence-electron chi connectivity index (χ0n) is 12.3. The molecule has 0 aliphatic carbocycles. The van der Waals surface area contributed by atoms with E-state index in [0.717, 1.165) is 16.7 Å². The Labute approximate surface area is 129 Å². The number of benzene rings is 2. The zero-order chi connectivity index (χ0) is 15.6. The van der Waals surface area contributed by atoms with E-state index >= 15 is 0 Å². The van der Waals surface area contributed by atoms with E-state index in [1.54, 1.807) is 18.2 Å². The van der Waals surface area contributed by atoms with Gasteiger partial charge in [0.15, 0.2) is 0 Å². The first-order valence-electron chi connectivity index (χ1n) is 6.58. The Morgan fingerprint density at radius 2 is 1.71 bits per heavy atom. The molecule has 0 aromatic heterocycles. The summed E-state index contributed by atoms with van der Waals surface area (Å²) in [6.45, 7) is 5.80. The average molecular weight is 304 g/mol. The first kappa shape index (κ1) is 15.2. The molecule has 2 aromatic carbocycles. The first-order valence-corrected chi connectivity index (χ1v) is 6.96. The van der Waals surface area contributed by atoms with E-state index in [4.69, 9.17) is 17.3 Å². The molecule has 0 aliphatic heterocycles. The van der Waals surface area contributed by atoms with Crippen LogP contribution in [0.5, 0.6) is 0 Å². The van der Waals surface area contributed by atoms with Gasteiger partial charge in [0.25, 0.3) is 0 Å². The second-order valence-electron chi connectivity index (χ2n) is 5.01. The molecule has 0 saturated carbocycles. The van der Waals surface area contributed by atoms with Gasteiger partial charge < -0.3 is 16.4 Å². The van der Waals surface area contributed by atoms with Gasteiger partial charge in [0.1, 0.15) is 0 Å². The number of carbonyl (C=O) groups is 1. The van der Waals surface area contributed by atoms with E-state index in [1.165, 1.54) is 0 Å². The predicted molar refractivity (Wildman–Crippen MR) is 89.2 cm³/mol. The molecular weight excluding hydrogens is 286 g/mol. The number of amides is 2. The summed E-state index contributed by atoms with van der Waals surface area (Å²) in [4.78, 5) is 12.1. The fourth-order valence-corrected chi connectivity index (χ4v) is 2.13. The molecule has 0 saturated heterocycles. The summed E-state index contributed by atoms with van der Waals surface area (Å²) in [6, 6.07) is 8.71. The topological polar surface area (TPSA) is 67.2 Å². The molecule has 0 radical (unpaired) electrons. The van der Waals surface area contributed by atoms with E-state index in [9.17, 15) is 4.79 Å². The van der Waals surface area contributed by atoms with Crippen LogP contribution < -0.4 is 16.4 Å². The first-order chi connectivity index (χ1) is 9.88. The molecule has 0 spiro atoms. The standard InChI is InChI=1S/C16H18ClN3O/c1-9-5-7-14(18)15(11(9)3)20-16(21)19-12-6-4-10(2)13(17)8-12/h4-8H,18H2,1-3H3,(H2,19,20,21). The van der Waals surface area contributed by atoms with E-state index in [-0.39, 0.29) is 6.03 Å². The third-order valence-corrected chi connectivity index (χ3v) is 3.84. The number of hydrogen-bond acceptors (Lipinski definition) is 2. The van der Waals surface area contributed by atoms with Gasteiger partial charge >= 0.3 is 6.03 Å². The lowest BCUT2D eigenvalue weighted by Gasteiger charge is -2.14. The van der Waals surface area contributed by atoms with Crippen molar-refractivity contribution in [3.8, 4) is 0 Å². The van der Waals surface area contributed by atoms with E-state index < -0.39 is 0 Å². The largest absolute Gasteiger partial charge is 0.397 e. The number of nitrogens with one attached hydrogen (secondary N) is 2. The van der Waals surface area contributed by atoms with Gasteiger partial charge in [-0.1, -0.05) is 23.7 Å². The number of nitrogen functional groups attached to an aromatic ring is 1. The predicted octanol–water partition coefficient (Wildman–Crippen LogP) is 4.49. The lowest BCUT2D eigenvalue weighted by molar-refractivity contribution is 0.262. The molecule has 0 heterocycles. The van der Waals surface area contributed by atoms with Crippen LogP contribution in [-0.4, -0.2) is 6.03 Å². The van der Waals surface area contributed by atoms with Crippen LogP contribution in [-0.2, 0) is 0 Å². The Balaban J connectivity index is 2.15. The number of rotatable bonds is 2. The van der Waals surface area contributed by atoms with E-state index in [2.05, 4.69) is 10.6 Å². The Morgan fingerprint density at radius 1 is 1.05 bits per heavy atom. The maximum Gasteiger partial charge on any atom is 0.323 e. The quantitative estimate of drug-likeness (QED) is 0.715. The number of nitrogens with two attached hydrogens (primary N) is 1. The van der Waals surface area contributed by atoms with Crippen molar-refractivity contribution in [2.75, 3.05) is 16.4 Å². The fourth-order valence-electron chi connectivity index (χ4n) is 1.95. The third-order valence-electron chi connectivity index (χ3n) is 3.44. The molecule has 2 rings (SSSR count). The van der Waals surface area contributed by atoms with Crippen molar-refractivity contribution >= 4 is 34.7 Å². The van der Waals surface area contributed by atoms with Crippen molar-refractivity contribution < 1.29 is 4.79 Å². The molecule has 0 bridgehead atoms. The zero-order valence-corrected chi connectivity index (χ0v) is 13.0. The normalized spacial score (nSPS) is 10.3. The highest BCUT2D eigenvalue weighted by molar-refractivity contribution is 6.31. The Hall–Kier alpha value is -2.20. The molecule has 4 nitrogen and oxygen atoms in total. The summed E-state index contributed by atoms with van der Waals surface area (Å²) in [6.07, 6.45) is 0. The van der Waals surface area contributed by atoms with Crippen LogP contribution in [0.25, 0.3) is 0 Å².